The molecule has 0 radical (unpaired) electrons. The summed E-state index contributed by atoms with van der Waals surface area (Å²) in [4.78, 5) is 20.1. The first-order valence-corrected chi connectivity index (χ1v) is 7.58. The van der Waals surface area contributed by atoms with Gasteiger partial charge in [-0.25, -0.2) is 4.98 Å². The first-order valence-electron chi connectivity index (χ1n) is 6.76. The van der Waals surface area contributed by atoms with Crippen LogP contribution in [0.2, 0.25) is 0 Å². The highest BCUT2D eigenvalue weighted by molar-refractivity contribution is 7.13. The largest absolute Gasteiger partial charge is 0.365 e. The molecule has 0 aromatic carbocycles. The zero-order valence-corrected chi connectivity index (χ0v) is 12.8. The van der Waals surface area contributed by atoms with E-state index in [0.29, 0.717) is 17.7 Å². The Kier molecular flexibility index (Phi) is 3.97. The standard InChI is InChI=1S/C15H14N4O2S/c1-9-10(5-6-13-18-8-12(22-13)15(16)20)14(19-21-9)11-4-2-3-7-17-11/h2-4,7-8H,5-6H2,1H3,(H2,16,20). The third-order valence-electron chi connectivity index (χ3n) is 3.28. The minimum atomic E-state index is -0.445. The average Bonchev–Trinajstić information content (AvgIpc) is 3.13. The topological polar surface area (TPSA) is 94.9 Å². The van der Waals surface area contributed by atoms with Crippen molar-refractivity contribution in [3.63, 3.8) is 0 Å². The van der Waals surface area contributed by atoms with Crippen LogP contribution in [-0.2, 0) is 12.8 Å². The number of primary amides is 1. The second kappa shape index (κ2) is 6.07. The number of thiazole rings is 1. The van der Waals surface area contributed by atoms with Crippen molar-refractivity contribution < 1.29 is 9.32 Å². The Morgan fingerprint density at radius 3 is 2.86 bits per heavy atom. The number of aryl methyl sites for hydroxylation is 2. The van der Waals surface area contributed by atoms with Crippen LogP contribution >= 0.6 is 11.3 Å². The summed E-state index contributed by atoms with van der Waals surface area (Å²) in [5.74, 6) is 0.325. The molecule has 0 saturated heterocycles. The van der Waals surface area contributed by atoms with Crippen LogP contribution < -0.4 is 5.73 Å². The van der Waals surface area contributed by atoms with E-state index in [2.05, 4.69) is 15.1 Å². The highest BCUT2D eigenvalue weighted by Gasteiger charge is 2.16. The van der Waals surface area contributed by atoms with E-state index in [-0.39, 0.29) is 0 Å². The molecule has 6 nitrogen and oxygen atoms in total. The van der Waals surface area contributed by atoms with Gasteiger partial charge in [-0.15, -0.1) is 11.3 Å². The molecule has 3 aromatic heterocycles. The van der Waals surface area contributed by atoms with Crippen LogP contribution in [0, 0.1) is 6.92 Å². The van der Waals surface area contributed by atoms with E-state index in [1.165, 1.54) is 17.5 Å². The Morgan fingerprint density at radius 2 is 2.18 bits per heavy atom. The monoisotopic (exact) mass is 314 g/mol. The van der Waals surface area contributed by atoms with Crippen molar-refractivity contribution in [2.75, 3.05) is 0 Å². The molecule has 7 heteroatoms. The van der Waals surface area contributed by atoms with Crippen LogP contribution in [0.15, 0.2) is 35.1 Å². The predicted molar refractivity (Wildman–Crippen MR) is 82.5 cm³/mol. The zero-order valence-electron chi connectivity index (χ0n) is 11.9. The van der Waals surface area contributed by atoms with E-state index in [0.717, 1.165) is 27.7 Å². The van der Waals surface area contributed by atoms with Crippen molar-refractivity contribution in [1.29, 1.82) is 0 Å². The van der Waals surface area contributed by atoms with Gasteiger partial charge in [0.25, 0.3) is 5.91 Å². The molecule has 1 amide bonds. The summed E-state index contributed by atoms with van der Waals surface area (Å²) in [6.07, 6.45) is 4.65. The molecule has 0 spiro atoms. The van der Waals surface area contributed by atoms with Gasteiger partial charge in [0.15, 0.2) is 0 Å². The second-order valence-electron chi connectivity index (χ2n) is 4.76. The van der Waals surface area contributed by atoms with Crippen LogP contribution in [0.25, 0.3) is 11.4 Å². The maximum atomic E-state index is 11.1. The molecule has 0 aliphatic heterocycles. The second-order valence-corrected chi connectivity index (χ2v) is 5.88. The maximum Gasteiger partial charge on any atom is 0.260 e. The smallest absolute Gasteiger partial charge is 0.260 e. The predicted octanol–water partition coefficient (Wildman–Crippen LogP) is 2.39. The number of rotatable bonds is 5. The Labute approximate surface area is 131 Å². The number of carbonyl (C=O) groups is 1. The first kappa shape index (κ1) is 14.4. The van der Waals surface area contributed by atoms with Gasteiger partial charge in [-0.3, -0.25) is 9.78 Å². The van der Waals surface area contributed by atoms with Crippen LogP contribution in [-0.4, -0.2) is 21.0 Å². The first-order chi connectivity index (χ1) is 10.6. The number of amides is 1. The third kappa shape index (κ3) is 2.89. The van der Waals surface area contributed by atoms with Crippen molar-refractivity contribution in [3.8, 4) is 11.4 Å². The fourth-order valence-corrected chi connectivity index (χ4v) is 2.93. The molecular weight excluding hydrogens is 300 g/mol. The van der Waals surface area contributed by atoms with Gasteiger partial charge in [0.2, 0.25) is 0 Å². The number of aromatic nitrogens is 3. The molecule has 112 valence electrons. The van der Waals surface area contributed by atoms with Crippen molar-refractivity contribution in [1.82, 2.24) is 15.1 Å². The van der Waals surface area contributed by atoms with Gasteiger partial charge in [-0.05, 0) is 25.5 Å². The summed E-state index contributed by atoms with van der Waals surface area (Å²) in [6, 6.07) is 5.67. The van der Waals surface area contributed by atoms with Crippen LogP contribution in [0.4, 0.5) is 0 Å². The Bertz CT molecular complexity index is 795. The molecule has 3 aromatic rings. The number of pyridine rings is 1. The summed E-state index contributed by atoms with van der Waals surface area (Å²) in [5.41, 5.74) is 7.79. The van der Waals surface area contributed by atoms with E-state index in [1.807, 2.05) is 25.1 Å². The molecule has 0 aliphatic rings. The summed E-state index contributed by atoms with van der Waals surface area (Å²) in [6.45, 7) is 1.88. The Hall–Kier alpha value is -2.54. The van der Waals surface area contributed by atoms with Gasteiger partial charge in [-0.1, -0.05) is 11.2 Å². The number of carbonyl (C=O) groups excluding carboxylic acids is 1. The molecule has 0 aliphatic carbocycles. The van der Waals surface area contributed by atoms with Gasteiger partial charge < -0.3 is 10.3 Å². The van der Waals surface area contributed by atoms with Gasteiger partial charge in [0.05, 0.1) is 16.9 Å². The molecule has 2 N–H and O–H groups in total. The lowest BCUT2D eigenvalue weighted by Crippen LogP contribution is -2.08. The lowest BCUT2D eigenvalue weighted by Gasteiger charge is -2.00. The zero-order chi connectivity index (χ0) is 15.5. The average molecular weight is 314 g/mol. The molecule has 3 rings (SSSR count). The number of nitrogens with zero attached hydrogens (tertiary/aromatic N) is 3. The molecule has 22 heavy (non-hydrogen) atoms. The fraction of sp³-hybridized carbons (Fsp3) is 0.200. The Balaban J connectivity index is 1.80. The molecule has 0 saturated carbocycles. The van der Waals surface area contributed by atoms with E-state index in [9.17, 15) is 4.79 Å². The maximum absolute atomic E-state index is 11.1. The summed E-state index contributed by atoms with van der Waals surface area (Å²) in [5, 5.41) is 4.97. The molecular formula is C15H14N4O2S. The van der Waals surface area contributed by atoms with E-state index in [4.69, 9.17) is 10.3 Å². The van der Waals surface area contributed by atoms with E-state index >= 15 is 0 Å². The van der Waals surface area contributed by atoms with Gasteiger partial charge in [0, 0.05) is 18.2 Å². The normalized spacial score (nSPS) is 10.8. The highest BCUT2D eigenvalue weighted by Crippen LogP contribution is 2.25. The van der Waals surface area contributed by atoms with E-state index < -0.39 is 5.91 Å². The van der Waals surface area contributed by atoms with Crippen LogP contribution in [0.3, 0.4) is 0 Å². The van der Waals surface area contributed by atoms with Crippen LogP contribution in [0.5, 0.6) is 0 Å². The summed E-state index contributed by atoms with van der Waals surface area (Å²) >= 11 is 1.32. The van der Waals surface area contributed by atoms with E-state index in [1.54, 1.807) is 6.20 Å². The summed E-state index contributed by atoms with van der Waals surface area (Å²) < 4.78 is 5.30. The van der Waals surface area contributed by atoms with Crippen molar-refractivity contribution >= 4 is 17.2 Å². The number of hydrogen-bond acceptors (Lipinski definition) is 6. The fourth-order valence-electron chi connectivity index (χ4n) is 2.16. The minimum absolute atomic E-state index is 0.445. The molecule has 0 atom stereocenters. The molecule has 0 fully saturated rings. The number of nitrogens with two attached hydrogens (primary N) is 1. The minimum Gasteiger partial charge on any atom is -0.365 e. The van der Waals surface area contributed by atoms with Crippen molar-refractivity contribution in [2.24, 2.45) is 5.73 Å². The quantitative estimate of drug-likeness (QED) is 0.780. The van der Waals surface area contributed by atoms with Gasteiger partial charge >= 0.3 is 0 Å². The molecule has 3 heterocycles. The van der Waals surface area contributed by atoms with Crippen molar-refractivity contribution in [2.45, 2.75) is 19.8 Å². The summed E-state index contributed by atoms with van der Waals surface area (Å²) in [7, 11) is 0. The lowest BCUT2D eigenvalue weighted by atomic mass is 10.1. The number of hydrogen-bond donors (Lipinski definition) is 1. The highest BCUT2D eigenvalue weighted by atomic mass is 32.1. The Morgan fingerprint density at radius 1 is 1.32 bits per heavy atom. The van der Waals surface area contributed by atoms with Gasteiger partial charge in [0.1, 0.15) is 16.3 Å². The van der Waals surface area contributed by atoms with Crippen molar-refractivity contribution in [3.05, 3.63) is 51.8 Å². The van der Waals surface area contributed by atoms with Crippen LogP contribution in [0.1, 0.15) is 26.0 Å². The lowest BCUT2D eigenvalue weighted by molar-refractivity contribution is 0.100. The third-order valence-corrected chi connectivity index (χ3v) is 4.35. The molecule has 0 bridgehead atoms. The SMILES string of the molecule is Cc1onc(-c2ccccn2)c1CCc1ncc(C(N)=O)s1. The molecule has 0 unspecified atom stereocenters. The van der Waals surface area contributed by atoms with Gasteiger partial charge in [-0.2, -0.15) is 0 Å².